The Morgan fingerprint density at radius 2 is 1.76 bits per heavy atom. The number of amides is 2. The highest BCUT2D eigenvalue weighted by molar-refractivity contribution is 5.99. The quantitative estimate of drug-likeness (QED) is 0.382. The van der Waals surface area contributed by atoms with E-state index in [1.54, 1.807) is 32.9 Å². The highest BCUT2D eigenvalue weighted by Crippen LogP contribution is 2.41. The van der Waals surface area contributed by atoms with Gasteiger partial charge in [0.2, 0.25) is 5.91 Å². The van der Waals surface area contributed by atoms with Crippen molar-refractivity contribution in [1.82, 2.24) is 4.90 Å². The van der Waals surface area contributed by atoms with E-state index in [0.717, 1.165) is 17.7 Å². The third-order valence-corrected chi connectivity index (χ3v) is 7.89. The van der Waals surface area contributed by atoms with Gasteiger partial charge in [-0.1, -0.05) is 19.9 Å². The fourth-order valence-corrected chi connectivity index (χ4v) is 5.90. The van der Waals surface area contributed by atoms with Gasteiger partial charge in [-0.15, -0.1) is 0 Å². The normalized spacial score (nSPS) is 20.1. The first-order chi connectivity index (χ1) is 19.4. The third kappa shape index (κ3) is 6.69. The van der Waals surface area contributed by atoms with E-state index in [1.165, 1.54) is 4.90 Å². The second kappa shape index (κ2) is 12.5. The van der Waals surface area contributed by atoms with Gasteiger partial charge in [-0.05, 0) is 74.4 Å². The van der Waals surface area contributed by atoms with Gasteiger partial charge in [-0.3, -0.25) is 14.4 Å². The molecule has 1 heterocycles. The molecule has 1 saturated carbocycles. The molecular formula is C31H38F2N2O6. The van der Waals surface area contributed by atoms with E-state index in [0.29, 0.717) is 43.8 Å². The first-order valence-electron chi connectivity index (χ1n) is 14.1. The molecule has 2 amide bonds. The van der Waals surface area contributed by atoms with E-state index in [4.69, 9.17) is 14.6 Å². The molecule has 1 aliphatic carbocycles. The zero-order valence-electron chi connectivity index (χ0n) is 24.0. The smallest absolute Gasteiger partial charge is 0.303 e. The number of carboxylic acid groups (broad SMARTS) is 1. The number of carboxylic acids is 1. The minimum Gasteiger partial charge on any atom is -0.494 e. The summed E-state index contributed by atoms with van der Waals surface area (Å²) in [7, 11) is 0. The van der Waals surface area contributed by atoms with Gasteiger partial charge in [0.15, 0.2) is 0 Å². The molecule has 4 rings (SSSR count). The van der Waals surface area contributed by atoms with Crippen LogP contribution in [0.1, 0.15) is 69.7 Å². The van der Waals surface area contributed by atoms with Crippen molar-refractivity contribution in [1.29, 1.82) is 0 Å². The number of rotatable bonds is 11. The number of anilines is 1. The third-order valence-electron chi connectivity index (χ3n) is 7.89. The van der Waals surface area contributed by atoms with Gasteiger partial charge >= 0.3 is 5.97 Å². The van der Waals surface area contributed by atoms with Gasteiger partial charge in [0, 0.05) is 42.2 Å². The van der Waals surface area contributed by atoms with Crippen LogP contribution in [0.4, 0.5) is 14.5 Å². The first kappa shape index (κ1) is 30.4. The minimum absolute atomic E-state index is 0.00519. The van der Waals surface area contributed by atoms with E-state index in [1.807, 2.05) is 13.0 Å². The summed E-state index contributed by atoms with van der Waals surface area (Å²) < 4.78 is 41.4. The number of benzene rings is 2. The Labute approximate surface area is 239 Å². The number of carbonyl (C=O) groups is 3. The molecule has 0 saturated heterocycles. The molecule has 1 atom stereocenters. The van der Waals surface area contributed by atoms with Crippen LogP contribution in [0.25, 0.3) is 0 Å². The molecule has 10 heteroatoms. The van der Waals surface area contributed by atoms with E-state index < -0.39 is 35.0 Å². The Kier molecular flexibility index (Phi) is 9.31. The Morgan fingerprint density at radius 1 is 1.07 bits per heavy atom. The maximum Gasteiger partial charge on any atom is 0.303 e. The minimum atomic E-state index is -1.03. The van der Waals surface area contributed by atoms with E-state index in [9.17, 15) is 14.4 Å². The molecule has 2 aliphatic rings. The van der Waals surface area contributed by atoms with Gasteiger partial charge in [-0.25, -0.2) is 8.78 Å². The van der Waals surface area contributed by atoms with Crippen molar-refractivity contribution in [2.45, 2.75) is 64.8 Å². The fraction of sp³-hybridized carbons (Fsp3) is 0.516. The van der Waals surface area contributed by atoms with Crippen molar-refractivity contribution in [2.24, 2.45) is 11.8 Å². The number of fused-ring (bicyclic) bond motifs is 1. The molecule has 0 bridgehead atoms. The predicted molar refractivity (Wildman–Crippen MR) is 149 cm³/mol. The second-order valence-corrected chi connectivity index (χ2v) is 11.4. The van der Waals surface area contributed by atoms with Crippen LogP contribution >= 0.6 is 0 Å². The lowest BCUT2D eigenvalue weighted by Crippen LogP contribution is -2.50. The first-order valence-corrected chi connectivity index (χ1v) is 14.1. The molecule has 2 N–H and O–H groups in total. The fourth-order valence-electron chi connectivity index (χ4n) is 5.90. The van der Waals surface area contributed by atoms with Crippen molar-refractivity contribution in [3.63, 3.8) is 0 Å². The van der Waals surface area contributed by atoms with Gasteiger partial charge in [-0.2, -0.15) is 0 Å². The average molecular weight is 573 g/mol. The molecule has 1 fully saturated rings. The maximum atomic E-state index is 15.2. The van der Waals surface area contributed by atoms with Gasteiger partial charge in [0.05, 0.1) is 13.2 Å². The SMILES string of the molecule is CCOCC(C)(C)c1c(F)cc(NC(=O)C2c3ccc(OCC)cc3CCN2C(=O)[C@H]2C[C@@H](CC(=O)O)C2)cc1F. The molecule has 0 spiro atoms. The monoisotopic (exact) mass is 572 g/mol. The lowest BCUT2D eigenvalue weighted by Gasteiger charge is -2.42. The lowest BCUT2D eigenvalue weighted by molar-refractivity contribution is -0.149. The number of halogens is 2. The topological polar surface area (TPSA) is 105 Å². The molecule has 1 aliphatic heterocycles. The van der Waals surface area contributed by atoms with Crippen molar-refractivity contribution < 1.29 is 37.7 Å². The highest BCUT2D eigenvalue weighted by Gasteiger charge is 2.43. The van der Waals surface area contributed by atoms with Crippen LogP contribution in [0.15, 0.2) is 30.3 Å². The Morgan fingerprint density at radius 3 is 2.37 bits per heavy atom. The van der Waals surface area contributed by atoms with Crippen LogP contribution in [-0.2, 0) is 31.0 Å². The summed E-state index contributed by atoms with van der Waals surface area (Å²) in [5, 5.41) is 11.7. The number of hydrogen-bond acceptors (Lipinski definition) is 5. The highest BCUT2D eigenvalue weighted by atomic mass is 19.1. The average Bonchev–Trinajstić information content (AvgIpc) is 2.87. The van der Waals surface area contributed by atoms with Crippen molar-refractivity contribution in [3.8, 4) is 5.75 Å². The summed E-state index contributed by atoms with van der Waals surface area (Å²) in [6, 6.07) is 6.47. The standard InChI is InChI=1S/C31H38F2N2O6/c1-5-40-17-31(3,4)27-24(32)15-21(16-25(27)33)34-29(38)28-23-8-7-22(41-6-2)14-19(23)9-10-35(28)30(39)20-11-18(12-20)13-26(36)37/h7-8,14-16,18,20,28H,5-6,9-13,17H2,1-4H3,(H,34,38)(H,36,37)/t18-,20+,28?. The summed E-state index contributed by atoms with van der Waals surface area (Å²) in [5.41, 5.74) is 0.340. The molecule has 2 aromatic carbocycles. The molecule has 222 valence electrons. The van der Waals surface area contributed by atoms with Gasteiger partial charge < -0.3 is 24.8 Å². The van der Waals surface area contributed by atoms with Crippen molar-refractivity contribution in [2.75, 3.05) is 31.7 Å². The van der Waals surface area contributed by atoms with Gasteiger partial charge in [0.25, 0.3) is 5.91 Å². The van der Waals surface area contributed by atoms with Crippen molar-refractivity contribution in [3.05, 3.63) is 58.7 Å². The number of nitrogens with zero attached hydrogens (tertiary/aromatic N) is 1. The summed E-state index contributed by atoms with van der Waals surface area (Å²) in [5.74, 6) is -3.13. The number of nitrogens with one attached hydrogen (secondary N) is 1. The van der Waals surface area contributed by atoms with E-state index >= 15 is 8.78 Å². The summed E-state index contributed by atoms with van der Waals surface area (Å²) in [6.07, 6.45) is 1.40. The van der Waals surface area contributed by atoms with Crippen LogP contribution in [0.2, 0.25) is 0 Å². The predicted octanol–water partition coefficient (Wildman–Crippen LogP) is 5.24. The maximum absolute atomic E-state index is 15.2. The summed E-state index contributed by atoms with van der Waals surface area (Å²) in [4.78, 5) is 39.9. The largest absolute Gasteiger partial charge is 0.494 e. The van der Waals surface area contributed by atoms with E-state index in [2.05, 4.69) is 5.32 Å². The molecule has 2 aromatic rings. The van der Waals surface area contributed by atoms with Crippen LogP contribution in [0.5, 0.6) is 5.75 Å². The number of carbonyl (C=O) groups excluding carboxylic acids is 2. The lowest BCUT2D eigenvalue weighted by atomic mass is 9.72. The second-order valence-electron chi connectivity index (χ2n) is 11.4. The summed E-state index contributed by atoms with van der Waals surface area (Å²) in [6.45, 7) is 8.31. The Hall–Kier alpha value is -3.53. The van der Waals surface area contributed by atoms with Crippen LogP contribution in [-0.4, -0.2) is 54.2 Å². The number of ether oxygens (including phenoxy) is 2. The molecule has 41 heavy (non-hydrogen) atoms. The van der Waals surface area contributed by atoms with E-state index in [-0.39, 0.29) is 48.6 Å². The molecule has 0 aromatic heterocycles. The molecule has 1 unspecified atom stereocenters. The molecular weight excluding hydrogens is 534 g/mol. The zero-order chi connectivity index (χ0) is 29.9. The van der Waals surface area contributed by atoms with Crippen LogP contribution in [0, 0.1) is 23.5 Å². The molecule has 0 radical (unpaired) electrons. The van der Waals surface area contributed by atoms with Gasteiger partial charge in [0.1, 0.15) is 23.4 Å². The molecule has 8 nitrogen and oxygen atoms in total. The zero-order valence-corrected chi connectivity index (χ0v) is 24.0. The number of hydrogen-bond donors (Lipinski definition) is 2. The van der Waals surface area contributed by atoms with Crippen molar-refractivity contribution >= 4 is 23.5 Å². The van der Waals surface area contributed by atoms with Crippen LogP contribution < -0.4 is 10.1 Å². The number of aliphatic carboxylic acids is 1. The Bertz CT molecular complexity index is 1280. The van der Waals surface area contributed by atoms with Crippen LogP contribution in [0.3, 0.4) is 0 Å². The summed E-state index contributed by atoms with van der Waals surface area (Å²) >= 11 is 0. The Balaban J connectivity index is 1.61.